The molecule has 0 saturated carbocycles. The quantitative estimate of drug-likeness (QED) is 0.435. The fraction of sp³-hybridized carbons (Fsp3) is 0.429. The van der Waals surface area contributed by atoms with Crippen LogP contribution >= 0.6 is 11.8 Å². The molecule has 1 heterocycles. The smallest absolute Gasteiger partial charge is 0.0931 e. The fourth-order valence-corrected chi connectivity index (χ4v) is 3.00. The van der Waals surface area contributed by atoms with Gasteiger partial charge in [-0.1, -0.05) is 24.3 Å². The lowest BCUT2D eigenvalue weighted by Crippen LogP contribution is -2.15. The summed E-state index contributed by atoms with van der Waals surface area (Å²) < 4.78 is 5.61. The molecule has 1 aliphatic rings. The van der Waals surface area contributed by atoms with Crippen LogP contribution in [0.2, 0.25) is 0 Å². The van der Waals surface area contributed by atoms with Crippen molar-refractivity contribution in [2.24, 2.45) is 0 Å². The zero-order valence-corrected chi connectivity index (χ0v) is 10.7. The van der Waals surface area contributed by atoms with Gasteiger partial charge in [0.15, 0.2) is 0 Å². The molecule has 1 aromatic rings. The first kappa shape index (κ1) is 11.7. The first-order valence-electron chi connectivity index (χ1n) is 5.66. The summed E-state index contributed by atoms with van der Waals surface area (Å²) in [5.41, 5.74) is 0.0701. The van der Waals surface area contributed by atoms with Gasteiger partial charge in [-0.3, -0.25) is 0 Å². The van der Waals surface area contributed by atoms with Crippen LogP contribution < -0.4 is 0 Å². The number of thioether (sulfide) groups is 1. The van der Waals surface area contributed by atoms with E-state index in [0.717, 1.165) is 6.42 Å². The van der Waals surface area contributed by atoms with E-state index in [4.69, 9.17) is 4.74 Å². The Labute approximate surface area is 102 Å². The van der Waals surface area contributed by atoms with Crippen molar-refractivity contribution in [2.75, 3.05) is 0 Å². The van der Waals surface area contributed by atoms with Crippen molar-refractivity contribution in [3.8, 4) is 0 Å². The van der Waals surface area contributed by atoms with Gasteiger partial charge in [0.2, 0.25) is 0 Å². The predicted molar refractivity (Wildman–Crippen MR) is 69.9 cm³/mol. The Kier molecular flexibility index (Phi) is 3.41. The second-order valence-electron chi connectivity index (χ2n) is 4.48. The van der Waals surface area contributed by atoms with Gasteiger partial charge in [-0.05, 0) is 32.4 Å². The van der Waals surface area contributed by atoms with Crippen molar-refractivity contribution in [2.45, 2.75) is 42.1 Å². The molecule has 1 nitrogen and oxygen atoms in total. The summed E-state index contributed by atoms with van der Waals surface area (Å²) in [4.78, 5) is 1.30. The van der Waals surface area contributed by atoms with Crippen LogP contribution in [-0.2, 0) is 4.74 Å². The van der Waals surface area contributed by atoms with Gasteiger partial charge in [0.1, 0.15) is 0 Å². The van der Waals surface area contributed by atoms with E-state index >= 15 is 0 Å². The average Bonchev–Trinajstić information content (AvgIpc) is 2.87. The van der Waals surface area contributed by atoms with E-state index in [0.29, 0.717) is 11.4 Å². The third-order valence-electron chi connectivity index (χ3n) is 3.15. The maximum Gasteiger partial charge on any atom is 0.0931 e. The Bertz CT molecular complexity index is 362. The molecule has 2 rings (SSSR count). The normalized spacial score (nSPS) is 29.8. The third-order valence-corrected chi connectivity index (χ3v) is 4.35. The molecule has 0 aromatic heterocycles. The van der Waals surface area contributed by atoms with E-state index in [1.54, 1.807) is 0 Å². The van der Waals surface area contributed by atoms with Gasteiger partial charge in [-0.2, -0.15) is 0 Å². The summed E-state index contributed by atoms with van der Waals surface area (Å²) in [5.74, 6) is 0. The lowest BCUT2D eigenvalue weighted by atomic mass is 10.0. The van der Waals surface area contributed by atoms with Crippen LogP contribution in [0.4, 0.5) is 0 Å². The van der Waals surface area contributed by atoms with Gasteiger partial charge in [0.25, 0.3) is 0 Å². The molecule has 1 saturated heterocycles. The van der Waals surface area contributed by atoms with E-state index < -0.39 is 0 Å². The number of epoxide rings is 1. The van der Waals surface area contributed by atoms with E-state index in [2.05, 4.69) is 44.7 Å². The van der Waals surface area contributed by atoms with Crippen LogP contribution in [-0.4, -0.2) is 17.0 Å². The van der Waals surface area contributed by atoms with Gasteiger partial charge in [0.05, 0.1) is 11.7 Å². The molecule has 0 bridgehead atoms. The van der Waals surface area contributed by atoms with Gasteiger partial charge in [0, 0.05) is 10.1 Å². The maximum atomic E-state index is 5.61. The Morgan fingerprint density at radius 3 is 2.62 bits per heavy atom. The third kappa shape index (κ3) is 2.69. The zero-order valence-electron chi connectivity index (χ0n) is 9.85. The molecule has 1 aliphatic heterocycles. The first-order valence-corrected chi connectivity index (χ1v) is 6.54. The van der Waals surface area contributed by atoms with Crippen molar-refractivity contribution >= 4 is 11.8 Å². The van der Waals surface area contributed by atoms with Crippen molar-refractivity contribution in [1.29, 1.82) is 0 Å². The fourth-order valence-electron chi connectivity index (χ4n) is 1.83. The highest BCUT2D eigenvalue weighted by molar-refractivity contribution is 8.00. The molecular weight excluding hydrogens is 216 g/mol. The molecule has 1 unspecified atom stereocenters. The van der Waals surface area contributed by atoms with Gasteiger partial charge in [-0.25, -0.2) is 0 Å². The summed E-state index contributed by atoms with van der Waals surface area (Å²) in [6, 6.07) is 10.5. The SMILES string of the molecule is C=CC(C[C@]1(C)O[C@@H]1C)Sc1ccccc1. The monoisotopic (exact) mass is 234 g/mol. The standard InChI is InChI=1S/C14H18OS/c1-4-12(10-14(3)11(2)15-14)16-13-8-6-5-7-9-13/h4-9,11-12H,1,10H2,2-3H3/t11-,12?,14+/m1/s1. The minimum atomic E-state index is 0.0701. The Hall–Kier alpha value is -0.730. The van der Waals surface area contributed by atoms with Gasteiger partial charge < -0.3 is 4.74 Å². The van der Waals surface area contributed by atoms with Crippen LogP contribution in [0.1, 0.15) is 20.3 Å². The Morgan fingerprint density at radius 2 is 2.12 bits per heavy atom. The molecule has 3 atom stereocenters. The second-order valence-corrected chi connectivity index (χ2v) is 5.79. The van der Waals surface area contributed by atoms with E-state index in [-0.39, 0.29) is 5.60 Å². The zero-order chi connectivity index (χ0) is 11.6. The molecule has 2 heteroatoms. The second kappa shape index (κ2) is 4.64. The predicted octanol–water partition coefficient (Wildman–Crippen LogP) is 3.90. The summed E-state index contributed by atoms with van der Waals surface area (Å²) in [5, 5.41) is 0.428. The maximum absolute atomic E-state index is 5.61. The molecule has 0 spiro atoms. The molecule has 1 aromatic carbocycles. The summed E-state index contributed by atoms with van der Waals surface area (Å²) in [7, 11) is 0. The Morgan fingerprint density at radius 1 is 1.50 bits per heavy atom. The minimum Gasteiger partial charge on any atom is -0.367 e. The molecule has 16 heavy (non-hydrogen) atoms. The van der Waals surface area contributed by atoms with Crippen LogP contribution in [0.5, 0.6) is 0 Å². The number of ether oxygens (including phenoxy) is 1. The minimum absolute atomic E-state index is 0.0701. The van der Waals surface area contributed by atoms with Gasteiger partial charge in [-0.15, -0.1) is 18.3 Å². The average molecular weight is 234 g/mol. The van der Waals surface area contributed by atoms with Crippen LogP contribution in [0, 0.1) is 0 Å². The highest BCUT2D eigenvalue weighted by Crippen LogP contribution is 2.43. The molecule has 86 valence electrons. The summed E-state index contributed by atoms with van der Waals surface area (Å²) in [6.07, 6.45) is 3.46. The largest absolute Gasteiger partial charge is 0.367 e. The first-order chi connectivity index (χ1) is 7.64. The number of hydrogen-bond acceptors (Lipinski definition) is 2. The molecule has 0 radical (unpaired) electrons. The number of benzene rings is 1. The molecule has 0 amide bonds. The highest BCUT2D eigenvalue weighted by Gasteiger charge is 2.49. The summed E-state index contributed by atoms with van der Waals surface area (Å²) >= 11 is 1.86. The lowest BCUT2D eigenvalue weighted by molar-refractivity contribution is 0.302. The van der Waals surface area contributed by atoms with E-state index in [1.165, 1.54) is 4.90 Å². The molecular formula is C14H18OS. The molecule has 0 N–H and O–H groups in total. The Balaban J connectivity index is 1.94. The lowest BCUT2D eigenvalue weighted by Gasteiger charge is -2.14. The number of hydrogen-bond donors (Lipinski definition) is 0. The molecule has 1 fully saturated rings. The highest BCUT2D eigenvalue weighted by atomic mass is 32.2. The summed E-state index contributed by atoms with van der Waals surface area (Å²) in [6.45, 7) is 8.23. The van der Waals surface area contributed by atoms with Crippen molar-refractivity contribution < 1.29 is 4.74 Å². The van der Waals surface area contributed by atoms with Gasteiger partial charge >= 0.3 is 0 Å². The van der Waals surface area contributed by atoms with Crippen molar-refractivity contribution in [3.63, 3.8) is 0 Å². The number of rotatable bonds is 5. The van der Waals surface area contributed by atoms with Crippen molar-refractivity contribution in [1.82, 2.24) is 0 Å². The van der Waals surface area contributed by atoms with E-state index in [9.17, 15) is 0 Å². The van der Waals surface area contributed by atoms with Crippen LogP contribution in [0.25, 0.3) is 0 Å². The van der Waals surface area contributed by atoms with Crippen LogP contribution in [0.3, 0.4) is 0 Å². The molecule has 0 aliphatic carbocycles. The van der Waals surface area contributed by atoms with Crippen molar-refractivity contribution in [3.05, 3.63) is 43.0 Å². The topological polar surface area (TPSA) is 12.5 Å². The van der Waals surface area contributed by atoms with E-state index in [1.807, 2.05) is 23.9 Å². The van der Waals surface area contributed by atoms with Crippen LogP contribution in [0.15, 0.2) is 47.9 Å².